The van der Waals surface area contributed by atoms with Crippen molar-refractivity contribution in [1.82, 2.24) is 14.9 Å². The first-order valence-corrected chi connectivity index (χ1v) is 14.1. The van der Waals surface area contributed by atoms with Crippen molar-refractivity contribution in [2.75, 3.05) is 23.4 Å². The molecular formula is C30H51FN6. The lowest BCUT2D eigenvalue weighted by molar-refractivity contribution is 0.262. The second-order valence-electron chi connectivity index (χ2n) is 10.2. The Balaban J connectivity index is 0.000000408. The van der Waals surface area contributed by atoms with E-state index in [0.717, 1.165) is 37.3 Å². The predicted molar refractivity (Wildman–Crippen MR) is 156 cm³/mol. The van der Waals surface area contributed by atoms with Crippen LogP contribution in [0.5, 0.6) is 0 Å². The fraction of sp³-hybridized carbons (Fsp3) is 0.667. The number of hydrogen-bond acceptors (Lipinski definition) is 6. The highest BCUT2D eigenvalue weighted by Crippen LogP contribution is 2.26. The number of halogens is 1. The van der Waals surface area contributed by atoms with Crippen LogP contribution in [0.4, 0.5) is 21.7 Å². The fourth-order valence-electron chi connectivity index (χ4n) is 5.49. The monoisotopic (exact) mass is 514 g/mol. The summed E-state index contributed by atoms with van der Waals surface area (Å²) in [5.74, 6) is 8.19. The summed E-state index contributed by atoms with van der Waals surface area (Å²) in [7, 11) is 0. The topological polar surface area (TPSA) is 70.3 Å². The molecule has 6 nitrogen and oxygen atoms in total. The third-order valence-corrected chi connectivity index (χ3v) is 7.53. The van der Waals surface area contributed by atoms with Gasteiger partial charge in [-0.05, 0) is 76.2 Å². The minimum Gasteiger partial charge on any atom is -0.340 e. The summed E-state index contributed by atoms with van der Waals surface area (Å²) in [6, 6.07) is 8.30. The van der Waals surface area contributed by atoms with Gasteiger partial charge in [-0.15, -0.1) is 0 Å². The molecule has 3 N–H and O–H groups in total. The first-order valence-electron chi connectivity index (χ1n) is 14.1. The van der Waals surface area contributed by atoms with Crippen LogP contribution >= 0.6 is 0 Å². The van der Waals surface area contributed by atoms with E-state index in [2.05, 4.69) is 34.0 Å². The lowest BCUT2D eigenvalue weighted by Crippen LogP contribution is -2.41. The normalized spacial score (nSPS) is 18.4. The molecule has 0 bridgehead atoms. The van der Waals surface area contributed by atoms with Gasteiger partial charge in [-0.3, -0.25) is 5.01 Å². The number of aryl methyl sites for hydroxylation is 2. The van der Waals surface area contributed by atoms with Gasteiger partial charge in [0.05, 0.1) is 0 Å². The Kier molecular flexibility index (Phi) is 13.3. The number of benzene rings is 1. The molecule has 1 unspecified atom stereocenters. The van der Waals surface area contributed by atoms with Crippen LogP contribution in [0.25, 0.3) is 0 Å². The van der Waals surface area contributed by atoms with Gasteiger partial charge >= 0.3 is 0 Å². The maximum absolute atomic E-state index is 14.2. The van der Waals surface area contributed by atoms with Crippen LogP contribution < -0.4 is 16.2 Å². The Labute approximate surface area is 225 Å². The first kappa shape index (κ1) is 31.0. The van der Waals surface area contributed by atoms with Crippen LogP contribution in [0.1, 0.15) is 104 Å². The molecular weight excluding hydrogens is 463 g/mol. The van der Waals surface area contributed by atoms with Gasteiger partial charge in [0.2, 0.25) is 0 Å². The van der Waals surface area contributed by atoms with Gasteiger partial charge in [0, 0.05) is 23.8 Å². The molecule has 1 atom stereocenters. The van der Waals surface area contributed by atoms with Crippen molar-refractivity contribution in [3.05, 3.63) is 41.5 Å². The van der Waals surface area contributed by atoms with E-state index in [4.69, 9.17) is 5.84 Å². The Morgan fingerprint density at radius 3 is 2.35 bits per heavy atom. The van der Waals surface area contributed by atoms with Crippen LogP contribution in [-0.2, 0) is 6.42 Å². The minimum atomic E-state index is -0.188. The maximum Gasteiger partial charge on any atom is 0.148 e. The standard InChI is InChI=1S/C21H30FN5.C8H17N.CH4/c1-3-8-16-11-12-17(13-19(16)22)26-20-14-21(25-15(2)24-20)27(23)18-9-6-4-5-7-10-18;1-3-8-6-5-7-9(8)4-2;/h11-14,18H,3-10,23H2,1-2H3,(H,24,25,26);8H,3-7H2,1-2H3;1H4. The fourth-order valence-corrected chi connectivity index (χ4v) is 5.49. The number of nitrogens with one attached hydrogen (secondary N) is 1. The molecule has 1 aliphatic carbocycles. The van der Waals surface area contributed by atoms with Crippen LogP contribution in [0.2, 0.25) is 0 Å². The van der Waals surface area contributed by atoms with Gasteiger partial charge in [-0.2, -0.15) is 0 Å². The lowest BCUT2D eigenvalue weighted by Gasteiger charge is -2.27. The van der Waals surface area contributed by atoms with Crippen molar-refractivity contribution in [3.8, 4) is 0 Å². The van der Waals surface area contributed by atoms with Crippen molar-refractivity contribution in [3.63, 3.8) is 0 Å². The summed E-state index contributed by atoms with van der Waals surface area (Å²) in [6.07, 6.45) is 13.0. The van der Waals surface area contributed by atoms with Gasteiger partial charge in [0.15, 0.2) is 0 Å². The summed E-state index contributed by atoms with van der Waals surface area (Å²) < 4.78 is 14.2. The van der Waals surface area contributed by atoms with Crippen molar-refractivity contribution in [1.29, 1.82) is 0 Å². The highest BCUT2D eigenvalue weighted by atomic mass is 19.1. The molecule has 1 saturated carbocycles. The number of nitrogens with two attached hydrogens (primary N) is 1. The van der Waals surface area contributed by atoms with Crippen LogP contribution in [0.15, 0.2) is 24.3 Å². The predicted octanol–water partition coefficient (Wildman–Crippen LogP) is 7.54. The molecule has 0 radical (unpaired) electrons. The molecule has 37 heavy (non-hydrogen) atoms. The highest BCUT2D eigenvalue weighted by molar-refractivity contribution is 5.60. The number of hydrogen-bond donors (Lipinski definition) is 2. The molecule has 0 amide bonds. The van der Waals surface area contributed by atoms with E-state index >= 15 is 0 Å². The second-order valence-corrected chi connectivity index (χ2v) is 10.2. The molecule has 2 fully saturated rings. The van der Waals surface area contributed by atoms with Crippen LogP contribution in [-0.4, -0.2) is 40.0 Å². The molecule has 0 spiro atoms. The van der Waals surface area contributed by atoms with E-state index in [-0.39, 0.29) is 13.2 Å². The largest absolute Gasteiger partial charge is 0.340 e. The van der Waals surface area contributed by atoms with E-state index in [0.29, 0.717) is 29.2 Å². The molecule has 1 aromatic heterocycles. The molecule has 2 aromatic rings. The summed E-state index contributed by atoms with van der Waals surface area (Å²) in [5.41, 5.74) is 1.42. The van der Waals surface area contributed by atoms with E-state index in [1.807, 2.05) is 32.0 Å². The number of aromatic nitrogens is 2. The summed E-state index contributed by atoms with van der Waals surface area (Å²) in [6.45, 7) is 11.0. The number of likely N-dealkylation sites (tertiary alicyclic amines) is 1. The number of nitrogens with zero attached hydrogens (tertiary/aromatic N) is 4. The van der Waals surface area contributed by atoms with Gasteiger partial charge < -0.3 is 10.2 Å². The smallest absolute Gasteiger partial charge is 0.148 e. The first-order chi connectivity index (χ1) is 17.4. The average Bonchev–Trinajstić information content (AvgIpc) is 3.17. The van der Waals surface area contributed by atoms with Crippen LogP contribution in [0.3, 0.4) is 0 Å². The van der Waals surface area contributed by atoms with Crippen molar-refractivity contribution in [2.24, 2.45) is 5.84 Å². The quantitative estimate of drug-likeness (QED) is 0.215. The molecule has 2 aliphatic rings. The van der Waals surface area contributed by atoms with E-state index in [1.54, 1.807) is 5.01 Å². The molecule has 1 aliphatic heterocycles. The lowest BCUT2D eigenvalue weighted by atomic mass is 10.1. The third-order valence-electron chi connectivity index (χ3n) is 7.53. The minimum absolute atomic E-state index is 0. The number of anilines is 3. The third kappa shape index (κ3) is 9.22. The zero-order valence-corrected chi connectivity index (χ0v) is 22.9. The maximum atomic E-state index is 14.2. The Morgan fingerprint density at radius 2 is 1.76 bits per heavy atom. The second kappa shape index (κ2) is 15.9. The Bertz CT molecular complexity index is 918. The van der Waals surface area contributed by atoms with Crippen molar-refractivity contribution in [2.45, 2.75) is 118 Å². The zero-order chi connectivity index (χ0) is 25.9. The van der Waals surface area contributed by atoms with E-state index in [9.17, 15) is 4.39 Å². The number of rotatable bonds is 8. The van der Waals surface area contributed by atoms with Gasteiger partial charge in [-0.1, -0.05) is 66.4 Å². The molecule has 7 heteroatoms. The molecule has 1 aromatic carbocycles. The van der Waals surface area contributed by atoms with E-state index < -0.39 is 0 Å². The summed E-state index contributed by atoms with van der Waals surface area (Å²) in [4.78, 5) is 11.5. The van der Waals surface area contributed by atoms with Gasteiger partial charge in [-0.25, -0.2) is 20.2 Å². The van der Waals surface area contributed by atoms with Crippen molar-refractivity contribution >= 4 is 17.3 Å². The van der Waals surface area contributed by atoms with Crippen molar-refractivity contribution < 1.29 is 4.39 Å². The van der Waals surface area contributed by atoms with Gasteiger partial charge in [0.25, 0.3) is 0 Å². The van der Waals surface area contributed by atoms with Crippen LogP contribution in [0, 0.1) is 12.7 Å². The number of hydrazine groups is 1. The zero-order valence-electron chi connectivity index (χ0n) is 22.9. The Morgan fingerprint density at radius 1 is 1.03 bits per heavy atom. The Hall–Kier alpha value is -2.25. The van der Waals surface area contributed by atoms with Gasteiger partial charge in [0.1, 0.15) is 23.3 Å². The molecule has 1 saturated heterocycles. The van der Waals surface area contributed by atoms with E-state index in [1.165, 1.54) is 64.1 Å². The molecule has 4 rings (SSSR count). The average molecular weight is 515 g/mol. The summed E-state index contributed by atoms with van der Waals surface area (Å²) in [5, 5.41) is 4.98. The molecule has 2 heterocycles. The summed E-state index contributed by atoms with van der Waals surface area (Å²) >= 11 is 0. The SMILES string of the molecule is C.CCC1CCCN1CC.CCCc1ccc(Nc2cc(N(N)C3CCCCCC3)nc(C)n2)cc1F. The highest BCUT2D eigenvalue weighted by Gasteiger charge is 2.21. The molecule has 208 valence electrons.